The van der Waals surface area contributed by atoms with Gasteiger partial charge in [-0.1, -0.05) is 32.6 Å². The van der Waals surface area contributed by atoms with E-state index in [0.29, 0.717) is 6.04 Å². The summed E-state index contributed by atoms with van der Waals surface area (Å²) in [5.41, 5.74) is 6.62. The third-order valence-electron chi connectivity index (χ3n) is 4.68. The summed E-state index contributed by atoms with van der Waals surface area (Å²) in [6.07, 6.45) is 11.3. The molecule has 0 aliphatic heterocycles. The molecule has 1 fully saturated rings. The average molecular weight is 278 g/mol. The van der Waals surface area contributed by atoms with Crippen molar-refractivity contribution in [2.75, 3.05) is 0 Å². The molecule has 20 heavy (non-hydrogen) atoms. The zero-order valence-electron chi connectivity index (χ0n) is 13.3. The van der Waals surface area contributed by atoms with Crippen LogP contribution in [0, 0.1) is 5.92 Å². The molecule has 4 nitrogen and oxygen atoms in total. The van der Waals surface area contributed by atoms with Crippen LogP contribution in [0.4, 0.5) is 0 Å². The van der Waals surface area contributed by atoms with Gasteiger partial charge in [0.05, 0.1) is 0 Å². The third-order valence-corrected chi connectivity index (χ3v) is 4.68. The quantitative estimate of drug-likeness (QED) is 0.839. The molecule has 2 rings (SSSR count). The van der Waals surface area contributed by atoms with Crippen molar-refractivity contribution in [3.63, 3.8) is 0 Å². The predicted octanol–water partition coefficient (Wildman–Crippen LogP) is 3.48. The van der Waals surface area contributed by atoms with E-state index in [-0.39, 0.29) is 5.54 Å². The normalized spacial score (nSPS) is 27.8. The predicted molar refractivity (Wildman–Crippen MR) is 82.5 cm³/mol. The number of hydrogen-bond donors (Lipinski definition) is 1. The molecule has 0 bridgehead atoms. The average Bonchev–Trinajstić information content (AvgIpc) is 2.76. The summed E-state index contributed by atoms with van der Waals surface area (Å²) in [5.74, 6) is 1.94. The number of hydrogen-bond acceptors (Lipinski definition) is 3. The van der Waals surface area contributed by atoms with Crippen LogP contribution in [0.15, 0.2) is 6.33 Å². The molecule has 0 aromatic carbocycles. The largest absolute Gasteiger partial charge is 0.325 e. The van der Waals surface area contributed by atoms with Gasteiger partial charge in [0, 0.05) is 18.0 Å². The van der Waals surface area contributed by atoms with Crippen LogP contribution in [0.25, 0.3) is 0 Å². The van der Waals surface area contributed by atoms with Crippen molar-refractivity contribution >= 4 is 0 Å². The van der Waals surface area contributed by atoms with Crippen molar-refractivity contribution in [1.29, 1.82) is 0 Å². The summed E-state index contributed by atoms with van der Waals surface area (Å²) in [5, 5.41) is 4.33. The first-order valence-electron chi connectivity index (χ1n) is 8.21. The van der Waals surface area contributed by atoms with Crippen molar-refractivity contribution in [3.8, 4) is 0 Å². The molecule has 2 N–H and O–H groups in total. The highest BCUT2D eigenvalue weighted by atomic mass is 15.3. The smallest absolute Gasteiger partial charge is 0.138 e. The van der Waals surface area contributed by atoms with Gasteiger partial charge < -0.3 is 5.73 Å². The minimum Gasteiger partial charge on any atom is -0.325 e. The van der Waals surface area contributed by atoms with Crippen LogP contribution in [0.2, 0.25) is 0 Å². The second-order valence-electron chi connectivity index (χ2n) is 6.84. The zero-order valence-corrected chi connectivity index (χ0v) is 13.3. The van der Waals surface area contributed by atoms with Gasteiger partial charge in [0.1, 0.15) is 12.2 Å². The Morgan fingerprint density at radius 2 is 2.20 bits per heavy atom. The fourth-order valence-corrected chi connectivity index (χ4v) is 3.52. The van der Waals surface area contributed by atoms with Gasteiger partial charge in [-0.3, -0.25) is 0 Å². The topological polar surface area (TPSA) is 56.7 Å². The molecule has 1 saturated carbocycles. The van der Waals surface area contributed by atoms with E-state index in [4.69, 9.17) is 5.73 Å². The summed E-state index contributed by atoms with van der Waals surface area (Å²) in [6, 6.07) is 0.356. The molecule has 1 aromatic heterocycles. The van der Waals surface area contributed by atoms with E-state index in [1.807, 2.05) is 4.68 Å². The molecule has 0 saturated heterocycles. The van der Waals surface area contributed by atoms with Crippen LogP contribution in [-0.4, -0.2) is 20.3 Å². The molecule has 1 aliphatic rings. The Bertz CT molecular complexity index is 412. The highest BCUT2D eigenvalue weighted by molar-refractivity contribution is 4.99. The first kappa shape index (κ1) is 15.5. The maximum atomic E-state index is 6.70. The Hall–Kier alpha value is -0.900. The van der Waals surface area contributed by atoms with E-state index in [1.165, 1.54) is 32.1 Å². The molecule has 1 heterocycles. The van der Waals surface area contributed by atoms with Gasteiger partial charge in [-0.25, -0.2) is 9.67 Å². The molecule has 4 heteroatoms. The highest BCUT2D eigenvalue weighted by Gasteiger charge is 2.31. The van der Waals surface area contributed by atoms with Gasteiger partial charge >= 0.3 is 0 Å². The Kier molecular flexibility index (Phi) is 5.19. The maximum absolute atomic E-state index is 6.70. The van der Waals surface area contributed by atoms with E-state index in [1.54, 1.807) is 6.33 Å². The lowest BCUT2D eigenvalue weighted by molar-refractivity contribution is 0.339. The van der Waals surface area contributed by atoms with Gasteiger partial charge in [0.25, 0.3) is 0 Å². The van der Waals surface area contributed by atoms with E-state index in [2.05, 4.69) is 30.9 Å². The molecule has 2 atom stereocenters. The maximum Gasteiger partial charge on any atom is 0.138 e. The minimum atomic E-state index is -0.0812. The molecule has 0 radical (unpaired) electrons. The van der Waals surface area contributed by atoms with Crippen molar-refractivity contribution in [2.45, 2.75) is 83.7 Å². The van der Waals surface area contributed by atoms with Crippen molar-refractivity contribution in [2.24, 2.45) is 11.7 Å². The number of nitrogens with zero attached hydrogens (tertiary/aromatic N) is 3. The third kappa shape index (κ3) is 3.81. The van der Waals surface area contributed by atoms with Crippen molar-refractivity contribution in [1.82, 2.24) is 14.8 Å². The van der Waals surface area contributed by atoms with Crippen LogP contribution in [0.1, 0.15) is 77.6 Å². The molecule has 0 spiro atoms. The summed E-state index contributed by atoms with van der Waals surface area (Å²) in [6.45, 7) is 6.57. The number of rotatable bonds is 5. The van der Waals surface area contributed by atoms with Crippen LogP contribution in [0.3, 0.4) is 0 Å². The lowest BCUT2D eigenvalue weighted by Crippen LogP contribution is -2.42. The molecular formula is C16H30N4. The first-order valence-corrected chi connectivity index (χ1v) is 8.21. The summed E-state index contributed by atoms with van der Waals surface area (Å²) < 4.78 is 2.02. The number of nitrogens with two attached hydrogens (primary N) is 1. The van der Waals surface area contributed by atoms with Crippen molar-refractivity contribution in [3.05, 3.63) is 12.2 Å². The van der Waals surface area contributed by atoms with Gasteiger partial charge in [-0.15, -0.1) is 0 Å². The molecule has 0 amide bonds. The van der Waals surface area contributed by atoms with Gasteiger partial charge in [0.15, 0.2) is 0 Å². The first-order chi connectivity index (χ1) is 9.54. The summed E-state index contributed by atoms with van der Waals surface area (Å²) >= 11 is 0. The van der Waals surface area contributed by atoms with Crippen molar-refractivity contribution < 1.29 is 0 Å². The lowest BCUT2D eigenvalue weighted by atomic mass is 9.86. The molecular weight excluding hydrogens is 248 g/mol. The highest BCUT2D eigenvalue weighted by Crippen LogP contribution is 2.33. The molecule has 114 valence electrons. The SMILES string of the molecule is CCCC1CCCC(N)(Cc2ncnn2C(C)C)CC1. The van der Waals surface area contributed by atoms with Crippen LogP contribution in [0.5, 0.6) is 0 Å². The van der Waals surface area contributed by atoms with Crippen LogP contribution >= 0.6 is 0 Å². The van der Waals surface area contributed by atoms with E-state index in [0.717, 1.165) is 31.0 Å². The zero-order chi connectivity index (χ0) is 14.6. The van der Waals surface area contributed by atoms with E-state index in [9.17, 15) is 0 Å². The van der Waals surface area contributed by atoms with Crippen LogP contribution in [-0.2, 0) is 6.42 Å². The second-order valence-corrected chi connectivity index (χ2v) is 6.84. The molecule has 1 aliphatic carbocycles. The Morgan fingerprint density at radius 1 is 1.40 bits per heavy atom. The minimum absolute atomic E-state index is 0.0812. The van der Waals surface area contributed by atoms with E-state index >= 15 is 0 Å². The van der Waals surface area contributed by atoms with Gasteiger partial charge in [0.2, 0.25) is 0 Å². The summed E-state index contributed by atoms with van der Waals surface area (Å²) in [4.78, 5) is 4.43. The fraction of sp³-hybridized carbons (Fsp3) is 0.875. The monoisotopic (exact) mass is 278 g/mol. The Balaban J connectivity index is 2.02. The van der Waals surface area contributed by atoms with Gasteiger partial charge in [-0.2, -0.15) is 5.10 Å². The van der Waals surface area contributed by atoms with Crippen LogP contribution < -0.4 is 5.73 Å². The summed E-state index contributed by atoms with van der Waals surface area (Å²) in [7, 11) is 0. The molecule has 2 unspecified atom stereocenters. The fourth-order valence-electron chi connectivity index (χ4n) is 3.52. The Morgan fingerprint density at radius 3 is 2.90 bits per heavy atom. The second kappa shape index (κ2) is 6.70. The Labute approximate surface area is 123 Å². The number of aromatic nitrogens is 3. The van der Waals surface area contributed by atoms with Gasteiger partial charge in [-0.05, 0) is 39.0 Å². The molecule has 1 aromatic rings. The standard InChI is InChI=1S/C16H30N4/c1-4-6-14-7-5-9-16(17,10-8-14)11-15-18-12-19-20(15)13(2)3/h12-14H,4-11,17H2,1-3H3. The lowest BCUT2D eigenvalue weighted by Gasteiger charge is -2.28. The van der Waals surface area contributed by atoms with E-state index < -0.39 is 0 Å².